The van der Waals surface area contributed by atoms with Gasteiger partial charge in [-0.15, -0.1) is 11.8 Å². The van der Waals surface area contributed by atoms with Crippen LogP contribution in [0.25, 0.3) is 0 Å². The quantitative estimate of drug-likeness (QED) is 0.859. The van der Waals surface area contributed by atoms with Crippen molar-refractivity contribution in [1.29, 1.82) is 0 Å². The van der Waals surface area contributed by atoms with E-state index in [-0.39, 0.29) is 6.04 Å². The predicted octanol–water partition coefficient (Wildman–Crippen LogP) is 2.55. The van der Waals surface area contributed by atoms with Gasteiger partial charge in [0.15, 0.2) is 0 Å². The van der Waals surface area contributed by atoms with Gasteiger partial charge in [-0.1, -0.05) is 25.5 Å². The van der Waals surface area contributed by atoms with Gasteiger partial charge < -0.3 is 10.4 Å². The first-order valence-corrected chi connectivity index (χ1v) is 7.28. The molecule has 1 aliphatic rings. The Morgan fingerprint density at radius 2 is 2.17 bits per heavy atom. The lowest BCUT2D eigenvalue weighted by Gasteiger charge is -2.08. The minimum Gasteiger partial charge on any atom is -0.480 e. The maximum atomic E-state index is 10.8. The molecule has 2 atom stereocenters. The normalized spacial score (nSPS) is 23.2. The number of carboxylic acids is 1. The average molecular weight is 265 g/mol. The molecule has 1 aromatic carbocycles. The highest BCUT2D eigenvalue weighted by molar-refractivity contribution is 8.00. The zero-order valence-corrected chi connectivity index (χ0v) is 11.4. The zero-order valence-electron chi connectivity index (χ0n) is 10.6. The van der Waals surface area contributed by atoms with E-state index < -0.39 is 5.97 Å². The molecule has 0 amide bonds. The molecule has 0 radical (unpaired) electrons. The number of carbonyl (C=O) groups is 1. The molecule has 1 aromatic rings. The summed E-state index contributed by atoms with van der Waals surface area (Å²) in [5.74, 6) is -0.739. The Labute approximate surface area is 112 Å². The van der Waals surface area contributed by atoms with E-state index in [4.69, 9.17) is 5.11 Å². The van der Waals surface area contributed by atoms with E-state index in [1.165, 1.54) is 16.9 Å². The fourth-order valence-corrected chi connectivity index (χ4v) is 3.34. The molecule has 0 aromatic heterocycles. The van der Waals surface area contributed by atoms with Crippen molar-refractivity contribution >= 4 is 17.7 Å². The summed E-state index contributed by atoms with van der Waals surface area (Å²) in [6, 6.07) is 8.25. The topological polar surface area (TPSA) is 49.3 Å². The van der Waals surface area contributed by atoms with Crippen LogP contribution in [-0.2, 0) is 11.2 Å². The van der Waals surface area contributed by atoms with Crippen LogP contribution in [0.2, 0.25) is 0 Å². The van der Waals surface area contributed by atoms with Crippen LogP contribution in [-0.4, -0.2) is 28.9 Å². The summed E-state index contributed by atoms with van der Waals surface area (Å²) < 4.78 is 0. The van der Waals surface area contributed by atoms with E-state index in [0.717, 1.165) is 13.0 Å². The molecule has 0 bridgehead atoms. The lowest BCUT2D eigenvalue weighted by Crippen LogP contribution is -2.29. The third kappa shape index (κ3) is 3.50. The predicted molar refractivity (Wildman–Crippen MR) is 74.1 cm³/mol. The van der Waals surface area contributed by atoms with Crippen LogP contribution < -0.4 is 5.32 Å². The molecule has 0 aliphatic carbocycles. The number of rotatable bonds is 5. The van der Waals surface area contributed by atoms with Crippen LogP contribution in [0.5, 0.6) is 0 Å². The number of aliphatic carboxylic acids is 1. The summed E-state index contributed by atoms with van der Waals surface area (Å²) >= 11 is 1.77. The highest BCUT2D eigenvalue weighted by Crippen LogP contribution is 2.29. The maximum absolute atomic E-state index is 10.8. The van der Waals surface area contributed by atoms with Gasteiger partial charge in [0.05, 0.1) is 0 Å². The Morgan fingerprint density at radius 1 is 1.44 bits per heavy atom. The lowest BCUT2D eigenvalue weighted by molar-refractivity contribution is -0.139. The van der Waals surface area contributed by atoms with E-state index in [2.05, 4.69) is 36.5 Å². The van der Waals surface area contributed by atoms with Gasteiger partial charge in [-0.2, -0.15) is 0 Å². The van der Waals surface area contributed by atoms with Crippen molar-refractivity contribution in [2.24, 2.45) is 0 Å². The smallest absolute Gasteiger partial charge is 0.320 e. The number of benzene rings is 1. The number of carboxylic acid groups (broad SMARTS) is 1. The van der Waals surface area contributed by atoms with E-state index in [9.17, 15) is 4.79 Å². The Kier molecular flexibility index (Phi) is 4.66. The van der Waals surface area contributed by atoms with Gasteiger partial charge in [0, 0.05) is 16.7 Å². The van der Waals surface area contributed by atoms with Crippen molar-refractivity contribution in [1.82, 2.24) is 5.32 Å². The van der Waals surface area contributed by atoms with Crippen molar-refractivity contribution < 1.29 is 9.90 Å². The second kappa shape index (κ2) is 6.25. The molecule has 4 heteroatoms. The third-order valence-corrected chi connectivity index (χ3v) is 4.39. The van der Waals surface area contributed by atoms with Crippen molar-refractivity contribution in [2.75, 3.05) is 6.54 Å². The third-order valence-electron chi connectivity index (χ3n) is 3.15. The molecule has 18 heavy (non-hydrogen) atoms. The molecular formula is C14H19NO2S. The Morgan fingerprint density at radius 3 is 2.72 bits per heavy atom. The largest absolute Gasteiger partial charge is 0.480 e. The Balaban J connectivity index is 1.88. The summed E-state index contributed by atoms with van der Waals surface area (Å²) in [6.45, 7) is 2.96. The van der Waals surface area contributed by atoms with Crippen LogP contribution in [0, 0.1) is 0 Å². The van der Waals surface area contributed by atoms with Crippen molar-refractivity contribution in [3.05, 3.63) is 29.8 Å². The second-order valence-electron chi connectivity index (χ2n) is 4.67. The van der Waals surface area contributed by atoms with Gasteiger partial charge in [0.1, 0.15) is 6.04 Å². The molecule has 1 unspecified atom stereocenters. The molecule has 98 valence electrons. The fraction of sp³-hybridized carbons (Fsp3) is 0.500. The molecule has 1 fully saturated rings. The molecule has 0 spiro atoms. The highest BCUT2D eigenvalue weighted by atomic mass is 32.2. The fourth-order valence-electron chi connectivity index (χ4n) is 2.20. The average Bonchev–Trinajstić information content (AvgIpc) is 2.81. The number of thioether (sulfide) groups is 1. The zero-order chi connectivity index (χ0) is 13.0. The molecular weight excluding hydrogens is 246 g/mol. The lowest BCUT2D eigenvalue weighted by atomic mass is 10.1. The van der Waals surface area contributed by atoms with Gasteiger partial charge >= 0.3 is 5.97 Å². The van der Waals surface area contributed by atoms with E-state index in [0.29, 0.717) is 11.7 Å². The maximum Gasteiger partial charge on any atom is 0.320 e. The Hall–Kier alpha value is -1.00. The first-order valence-electron chi connectivity index (χ1n) is 6.41. The highest BCUT2D eigenvalue weighted by Gasteiger charge is 2.29. The number of hydrogen-bond donors (Lipinski definition) is 2. The standard InChI is InChI=1S/C14H19NO2S/c1-2-3-10-4-6-11(7-5-10)18-12-8-13(14(16)17)15-9-12/h4-7,12-13,15H,2-3,8-9H2,1H3,(H,16,17)/t12?,13-/m0/s1. The van der Waals surface area contributed by atoms with Crippen LogP contribution >= 0.6 is 11.8 Å². The second-order valence-corrected chi connectivity index (χ2v) is 6.04. The van der Waals surface area contributed by atoms with Gasteiger partial charge in [0.25, 0.3) is 0 Å². The van der Waals surface area contributed by atoms with E-state index in [1.807, 2.05) is 0 Å². The number of hydrogen-bond acceptors (Lipinski definition) is 3. The summed E-state index contributed by atoms with van der Waals surface area (Å²) in [5, 5.41) is 12.3. The summed E-state index contributed by atoms with van der Waals surface area (Å²) in [7, 11) is 0. The number of nitrogens with one attached hydrogen (secondary N) is 1. The van der Waals surface area contributed by atoms with Gasteiger partial charge in [0.2, 0.25) is 0 Å². The minimum atomic E-state index is -0.739. The van der Waals surface area contributed by atoms with Crippen LogP contribution in [0.15, 0.2) is 29.2 Å². The Bertz CT molecular complexity index is 405. The molecule has 1 saturated heterocycles. The summed E-state index contributed by atoms with van der Waals surface area (Å²) in [4.78, 5) is 12.1. The van der Waals surface area contributed by atoms with Gasteiger partial charge in [-0.25, -0.2) is 0 Å². The van der Waals surface area contributed by atoms with Crippen molar-refractivity contribution in [3.8, 4) is 0 Å². The van der Waals surface area contributed by atoms with Crippen LogP contribution in [0.3, 0.4) is 0 Å². The molecule has 2 N–H and O–H groups in total. The SMILES string of the molecule is CCCc1ccc(SC2CN[C@H](C(=O)O)C2)cc1. The number of aryl methyl sites for hydroxylation is 1. The van der Waals surface area contributed by atoms with Crippen LogP contribution in [0.1, 0.15) is 25.3 Å². The van der Waals surface area contributed by atoms with Gasteiger partial charge in [-0.3, -0.25) is 4.79 Å². The molecule has 3 nitrogen and oxygen atoms in total. The molecule has 2 rings (SSSR count). The van der Waals surface area contributed by atoms with Crippen molar-refractivity contribution in [3.63, 3.8) is 0 Å². The first kappa shape index (κ1) is 13.4. The van der Waals surface area contributed by atoms with Gasteiger partial charge in [-0.05, 0) is 30.5 Å². The molecule has 0 saturated carbocycles. The summed E-state index contributed by atoms with van der Waals surface area (Å²) in [6.07, 6.45) is 2.99. The molecule has 1 aliphatic heterocycles. The summed E-state index contributed by atoms with van der Waals surface area (Å²) in [5.41, 5.74) is 1.37. The van der Waals surface area contributed by atoms with Crippen molar-refractivity contribution in [2.45, 2.75) is 42.4 Å². The van der Waals surface area contributed by atoms with Crippen LogP contribution in [0.4, 0.5) is 0 Å². The first-order chi connectivity index (χ1) is 8.69. The monoisotopic (exact) mass is 265 g/mol. The minimum absolute atomic E-state index is 0.364. The van der Waals surface area contributed by atoms with E-state index >= 15 is 0 Å². The van der Waals surface area contributed by atoms with E-state index in [1.54, 1.807) is 11.8 Å². The molecule has 1 heterocycles.